The molecule has 0 aliphatic heterocycles. The Labute approximate surface area is 231 Å². The second-order valence-electron chi connectivity index (χ2n) is 11.0. The molecule has 4 aromatic rings. The molecule has 0 amide bonds. The van der Waals surface area contributed by atoms with Gasteiger partial charge in [0.25, 0.3) is 0 Å². The van der Waals surface area contributed by atoms with Crippen LogP contribution in [-0.4, -0.2) is 8.07 Å². The Morgan fingerprint density at radius 1 is 0.676 bits per heavy atom. The molecule has 2 aliphatic rings. The van der Waals surface area contributed by atoms with Crippen LogP contribution in [0.5, 0.6) is 0 Å². The summed E-state index contributed by atoms with van der Waals surface area (Å²) in [5.41, 5.74) is 14.3. The first kappa shape index (κ1) is 24.5. The van der Waals surface area contributed by atoms with E-state index in [9.17, 15) is 0 Å². The van der Waals surface area contributed by atoms with Crippen molar-refractivity contribution >= 4 is 42.5 Å². The van der Waals surface area contributed by atoms with E-state index in [4.69, 9.17) is 23.2 Å². The maximum Gasteiger partial charge on any atom is 0.0930 e. The van der Waals surface area contributed by atoms with Gasteiger partial charge in [-0.25, -0.2) is 0 Å². The van der Waals surface area contributed by atoms with Gasteiger partial charge in [-0.1, -0.05) is 119 Å². The molecule has 0 saturated heterocycles. The summed E-state index contributed by atoms with van der Waals surface area (Å²) in [6, 6.07) is 30.2. The average Bonchev–Trinajstić information content (AvgIpc) is 3.41. The zero-order valence-electron chi connectivity index (χ0n) is 21.7. The van der Waals surface area contributed by atoms with Gasteiger partial charge < -0.3 is 0 Å². The zero-order chi connectivity index (χ0) is 25.9. The maximum absolute atomic E-state index is 6.19. The van der Waals surface area contributed by atoms with E-state index in [2.05, 4.69) is 93.7 Å². The Balaban J connectivity index is 1.44. The number of fused-ring (bicyclic) bond motifs is 2. The summed E-state index contributed by atoms with van der Waals surface area (Å²) in [5.74, 6) is 0. The van der Waals surface area contributed by atoms with Crippen molar-refractivity contribution in [2.75, 3.05) is 0 Å². The van der Waals surface area contributed by atoms with Crippen LogP contribution in [0.4, 0.5) is 0 Å². The van der Waals surface area contributed by atoms with E-state index in [-0.39, 0.29) is 0 Å². The van der Waals surface area contributed by atoms with Crippen LogP contribution in [0.2, 0.25) is 23.1 Å². The van der Waals surface area contributed by atoms with Gasteiger partial charge in [0.2, 0.25) is 0 Å². The molecule has 3 heteroatoms. The van der Waals surface area contributed by atoms with Gasteiger partial charge in [-0.2, -0.15) is 0 Å². The summed E-state index contributed by atoms with van der Waals surface area (Å²) < 4.78 is 0. The van der Waals surface area contributed by atoms with E-state index in [1.807, 2.05) is 24.3 Å². The van der Waals surface area contributed by atoms with Gasteiger partial charge >= 0.3 is 0 Å². The van der Waals surface area contributed by atoms with Crippen LogP contribution in [0.25, 0.3) is 33.5 Å². The number of halogens is 2. The molecule has 37 heavy (non-hydrogen) atoms. The van der Waals surface area contributed by atoms with Crippen molar-refractivity contribution in [2.24, 2.45) is 0 Å². The normalized spacial score (nSPS) is 16.6. The SMILES string of the molecule is CC1=Cc2c(-c3ccc(Cl)cc3)cccc2C1[Si](C)(C)C1=C(C)Cc2c1cccc2-c1ccc(Cl)cc1. The van der Waals surface area contributed by atoms with E-state index in [1.165, 1.54) is 55.7 Å². The van der Waals surface area contributed by atoms with Crippen LogP contribution in [-0.2, 0) is 6.42 Å². The van der Waals surface area contributed by atoms with Crippen LogP contribution < -0.4 is 0 Å². The third kappa shape index (κ3) is 4.05. The molecule has 2 aliphatic carbocycles. The summed E-state index contributed by atoms with van der Waals surface area (Å²) in [7, 11) is -1.96. The third-order valence-electron chi connectivity index (χ3n) is 8.27. The van der Waals surface area contributed by atoms with E-state index in [0.717, 1.165) is 16.5 Å². The highest BCUT2D eigenvalue weighted by Gasteiger charge is 2.44. The van der Waals surface area contributed by atoms with Gasteiger partial charge in [-0.3, -0.25) is 0 Å². The van der Waals surface area contributed by atoms with E-state index >= 15 is 0 Å². The van der Waals surface area contributed by atoms with Crippen LogP contribution in [0.1, 0.15) is 41.6 Å². The number of allylic oxidation sites excluding steroid dienone is 2. The van der Waals surface area contributed by atoms with Gasteiger partial charge in [0, 0.05) is 15.6 Å². The Morgan fingerprint density at radius 2 is 1.22 bits per heavy atom. The van der Waals surface area contributed by atoms with Crippen molar-refractivity contribution in [2.45, 2.75) is 38.9 Å². The minimum atomic E-state index is -1.96. The highest BCUT2D eigenvalue weighted by molar-refractivity contribution is 6.96. The number of benzene rings is 4. The van der Waals surface area contributed by atoms with E-state index < -0.39 is 8.07 Å². The number of hydrogen-bond acceptors (Lipinski definition) is 0. The molecule has 0 fully saturated rings. The lowest BCUT2D eigenvalue weighted by atomic mass is 9.96. The molecule has 1 atom stereocenters. The molecule has 0 spiro atoms. The van der Waals surface area contributed by atoms with Gasteiger partial charge in [-0.15, -0.1) is 0 Å². The van der Waals surface area contributed by atoms with Crippen LogP contribution >= 0.6 is 23.2 Å². The Morgan fingerprint density at radius 3 is 1.86 bits per heavy atom. The Bertz CT molecular complexity index is 1590. The fourth-order valence-corrected chi connectivity index (χ4v) is 11.8. The standard InChI is InChI=1S/C34H30Cl2Si/c1-21-19-31-27(23-11-15-25(35)16-12-23)7-5-9-29(31)33(21)37(3,4)34-22(2)20-32-28(8-6-10-30(32)34)24-13-17-26(36)18-14-24/h5-19,33H,20H2,1-4H3. The molecule has 0 radical (unpaired) electrons. The van der Waals surface area contributed by atoms with Crippen molar-refractivity contribution in [3.05, 3.63) is 128 Å². The van der Waals surface area contributed by atoms with Crippen LogP contribution in [0.3, 0.4) is 0 Å². The molecule has 0 aromatic heterocycles. The average molecular weight is 538 g/mol. The van der Waals surface area contributed by atoms with Gasteiger partial charge in [0.15, 0.2) is 0 Å². The quantitative estimate of drug-likeness (QED) is 0.227. The van der Waals surface area contributed by atoms with Crippen molar-refractivity contribution in [3.63, 3.8) is 0 Å². The van der Waals surface area contributed by atoms with Crippen LogP contribution in [0.15, 0.2) is 96.1 Å². The van der Waals surface area contributed by atoms with Crippen molar-refractivity contribution in [3.8, 4) is 22.3 Å². The lowest BCUT2D eigenvalue weighted by Crippen LogP contribution is -2.37. The first-order chi connectivity index (χ1) is 17.8. The largest absolute Gasteiger partial charge is 0.0930 e. The highest BCUT2D eigenvalue weighted by Crippen LogP contribution is 2.52. The fourth-order valence-electron chi connectivity index (χ4n) is 6.93. The summed E-state index contributed by atoms with van der Waals surface area (Å²) in [6.07, 6.45) is 3.46. The number of rotatable bonds is 4. The minimum absolute atomic E-state index is 0.449. The monoisotopic (exact) mass is 536 g/mol. The summed E-state index contributed by atoms with van der Waals surface area (Å²) in [5, 5.41) is 3.18. The minimum Gasteiger partial charge on any atom is -0.0843 e. The lowest BCUT2D eigenvalue weighted by Gasteiger charge is -2.35. The third-order valence-corrected chi connectivity index (χ3v) is 13.0. The Kier molecular flexibility index (Phi) is 6.07. The van der Waals surface area contributed by atoms with Gasteiger partial charge in [0.05, 0.1) is 8.07 Å². The van der Waals surface area contributed by atoms with E-state index in [0.29, 0.717) is 5.54 Å². The molecule has 0 heterocycles. The predicted molar refractivity (Wildman–Crippen MR) is 164 cm³/mol. The molecular formula is C34H30Cl2Si. The molecular weight excluding hydrogens is 507 g/mol. The molecule has 6 rings (SSSR count). The number of hydrogen-bond donors (Lipinski definition) is 0. The molecule has 4 aromatic carbocycles. The predicted octanol–water partition coefficient (Wildman–Crippen LogP) is 10.6. The van der Waals surface area contributed by atoms with Crippen LogP contribution in [0, 0.1) is 0 Å². The molecule has 0 N–H and O–H groups in total. The summed E-state index contributed by atoms with van der Waals surface area (Å²) >= 11 is 12.4. The van der Waals surface area contributed by atoms with E-state index in [1.54, 1.807) is 5.20 Å². The maximum atomic E-state index is 6.19. The zero-order valence-corrected chi connectivity index (χ0v) is 24.2. The molecule has 1 unspecified atom stereocenters. The van der Waals surface area contributed by atoms with Gasteiger partial charge in [0.1, 0.15) is 0 Å². The van der Waals surface area contributed by atoms with Crippen molar-refractivity contribution in [1.29, 1.82) is 0 Å². The molecule has 0 nitrogen and oxygen atoms in total. The first-order valence-corrected chi connectivity index (χ1v) is 16.7. The first-order valence-electron chi connectivity index (χ1n) is 12.9. The highest BCUT2D eigenvalue weighted by atomic mass is 35.5. The molecule has 0 saturated carbocycles. The second-order valence-corrected chi connectivity index (χ2v) is 16.4. The Hall–Kier alpha value is -2.84. The summed E-state index contributed by atoms with van der Waals surface area (Å²) in [6.45, 7) is 9.83. The molecule has 184 valence electrons. The summed E-state index contributed by atoms with van der Waals surface area (Å²) in [4.78, 5) is 0. The second kappa shape index (κ2) is 9.17. The fraction of sp³-hybridized carbons (Fsp3) is 0.176. The molecule has 0 bridgehead atoms. The van der Waals surface area contributed by atoms with Gasteiger partial charge in [-0.05, 0) is 89.0 Å². The lowest BCUT2D eigenvalue weighted by molar-refractivity contribution is 1.08. The van der Waals surface area contributed by atoms with Crippen molar-refractivity contribution < 1.29 is 0 Å². The smallest absolute Gasteiger partial charge is 0.0843 e. The topological polar surface area (TPSA) is 0 Å². The van der Waals surface area contributed by atoms with Crippen molar-refractivity contribution in [1.82, 2.24) is 0 Å².